The van der Waals surface area contributed by atoms with Crippen LogP contribution in [0.25, 0.3) is 0 Å². The molecule has 0 radical (unpaired) electrons. The van der Waals surface area contributed by atoms with Crippen molar-refractivity contribution >= 4 is 16.8 Å². The Morgan fingerprint density at radius 1 is 1.29 bits per heavy atom. The number of carbonyl (C=O) groups is 1. The number of hydrogen-bond acceptors (Lipinski definition) is 1. The minimum absolute atomic E-state index is 0.0853. The van der Waals surface area contributed by atoms with E-state index in [4.69, 9.17) is 11.6 Å². The molecule has 0 aromatic carbocycles. The quantitative estimate of drug-likeness (QED) is 0.646. The maximum absolute atomic E-state index is 11.5. The highest BCUT2D eigenvalue weighted by Gasteiger charge is 2.37. The van der Waals surface area contributed by atoms with Gasteiger partial charge in [0.15, 0.2) is 0 Å². The van der Waals surface area contributed by atoms with Gasteiger partial charge in [0.2, 0.25) is 5.24 Å². The predicted molar refractivity (Wildman–Crippen MR) is 60.5 cm³/mol. The van der Waals surface area contributed by atoms with E-state index in [9.17, 15) is 4.79 Å². The Morgan fingerprint density at radius 3 is 2.29 bits per heavy atom. The van der Waals surface area contributed by atoms with Crippen LogP contribution in [0.3, 0.4) is 0 Å². The van der Waals surface area contributed by atoms with Gasteiger partial charge in [-0.1, -0.05) is 33.1 Å². The van der Waals surface area contributed by atoms with E-state index >= 15 is 0 Å². The first kappa shape index (κ1) is 12.0. The first-order chi connectivity index (χ1) is 6.57. The zero-order valence-electron chi connectivity index (χ0n) is 9.31. The van der Waals surface area contributed by atoms with Crippen molar-refractivity contribution in [1.29, 1.82) is 0 Å². The third kappa shape index (κ3) is 2.98. The summed E-state index contributed by atoms with van der Waals surface area (Å²) in [7, 11) is 0. The Balaban J connectivity index is 2.56. The van der Waals surface area contributed by atoms with Crippen molar-refractivity contribution < 1.29 is 4.79 Å². The molecule has 0 aromatic rings. The summed E-state index contributed by atoms with van der Waals surface area (Å²) in [5.41, 5.74) is -0.163. The second kappa shape index (κ2) is 5.16. The molecule has 0 saturated heterocycles. The number of carbonyl (C=O) groups excluding carboxylic acids is 1. The fourth-order valence-corrected chi connectivity index (χ4v) is 2.62. The Hall–Kier alpha value is -0.0400. The largest absolute Gasteiger partial charge is 0.281 e. The molecular weight excluding hydrogens is 196 g/mol. The maximum Gasteiger partial charge on any atom is 0.227 e. The predicted octanol–water partition coefficient (Wildman–Crippen LogP) is 4.14. The van der Waals surface area contributed by atoms with E-state index in [1.54, 1.807) is 0 Å². The lowest BCUT2D eigenvalue weighted by atomic mass is 9.71. The van der Waals surface area contributed by atoms with Crippen LogP contribution in [-0.2, 0) is 4.79 Å². The van der Waals surface area contributed by atoms with Crippen molar-refractivity contribution in [3.8, 4) is 0 Å². The summed E-state index contributed by atoms with van der Waals surface area (Å²) < 4.78 is 0. The summed E-state index contributed by atoms with van der Waals surface area (Å²) in [6, 6.07) is 0. The third-order valence-corrected chi connectivity index (χ3v) is 3.83. The molecule has 14 heavy (non-hydrogen) atoms. The standard InChI is InChI=1S/C12H21ClO/c1-10(2)6-9-12(11(13)14)7-4-3-5-8-12/h10H,3-9H2,1-2H3. The van der Waals surface area contributed by atoms with Crippen molar-refractivity contribution in [2.45, 2.75) is 58.8 Å². The Bertz CT molecular complexity index is 192. The smallest absolute Gasteiger partial charge is 0.227 e. The normalized spacial score (nSPS) is 21.1. The van der Waals surface area contributed by atoms with Gasteiger partial charge >= 0.3 is 0 Å². The van der Waals surface area contributed by atoms with Crippen LogP contribution in [0.15, 0.2) is 0 Å². The van der Waals surface area contributed by atoms with Crippen molar-refractivity contribution in [3.05, 3.63) is 0 Å². The Morgan fingerprint density at radius 2 is 1.86 bits per heavy atom. The monoisotopic (exact) mass is 216 g/mol. The van der Waals surface area contributed by atoms with Gasteiger partial charge in [0.05, 0.1) is 0 Å². The highest BCUT2D eigenvalue weighted by Crippen LogP contribution is 2.42. The molecule has 0 N–H and O–H groups in total. The summed E-state index contributed by atoms with van der Waals surface area (Å²) in [5, 5.41) is -0.0853. The first-order valence-electron chi connectivity index (χ1n) is 5.77. The molecule has 0 bridgehead atoms. The second-order valence-electron chi connectivity index (χ2n) is 5.05. The molecule has 0 aliphatic heterocycles. The highest BCUT2D eigenvalue weighted by atomic mass is 35.5. The van der Waals surface area contributed by atoms with Gasteiger partial charge in [-0.25, -0.2) is 0 Å². The van der Waals surface area contributed by atoms with Gasteiger partial charge in [-0.3, -0.25) is 4.79 Å². The van der Waals surface area contributed by atoms with Crippen LogP contribution in [0.4, 0.5) is 0 Å². The Labute approximate surface area is 92.2 Å². The van der Waals surface area contributed by atoms with Gasteiger partial charge in [0.1, 0.15) is 0 Å². The highest BCUT2D eigenvalue weighted by molar-refractivity contribution is 6.64. The molecule has 0 atom stereocenters. The molecule has 0 heterocycles. The van der Waals surface area contributed by atoms with E-state index in [-0.39, 0.29) is 10.7 Å². The summed E-state index contributed by atoms with van der Waals surface area (Å²) in [6.07, 6.45) is 7.77. The SMILES string of the molecule is CC(C)CCC1(C(=O)Cl)CCCCC1. The van der Waals surface area contributed by atoms with Crippen molar-refractivity contribution in [2.75, 3.05) is 0 Å². The molecule has 1 aliphatic rings. The zero-order chi connectivity index (χ0) is 10.6. The zero-order valence-corrected chi connectivity index (χ0v) is 10.1. The van der Waals surface area contributed by atoms with Gasteiger partial charge in [0, 0.05) is 5.41 Å². The van der Waals surface area contributed by atoms with E-state index in [1.165, 1.54) is 19.3 Å². The van der Waals surface area contributed by atoms with E-state index < -0.39 is 0 Å². The molecule has 1 nitrogen and oxygen atoms in total. The lowest BCUT2D eigenvalue weighted by molar-refractivity contribution is -0.122. The Kier molecular flexibility index (Phi) is 4.43. The molecular formula is C12H21ClO. The lowest BCUT2D eigenvalue weighted by Gasteiger charge is -2.34. The maximum atomic E-state index is 11.5. The van der Waals surface area contributed by atoms with Crippen LogP contribution in [0.5, 0.6) is 0 Å². The van der Waals surface area contributed by atoms with Gasteiger partial charge < -0.3 is 0 Å². The molecule has 0 amide bonds. The van der Waals surface area contributed by atoms with Gasteiger partial charge in [-0.05, 0) is 43.2 Å². The summed E-state index contributed by atoms with van der Waals surface area (Å²) in [6.45, 7) is 4.41. The van der Waals surface area contributed by atoms with Crippen LogP contribution in [0.2, 0.25) is 0 Å². The van der Waals surface area contributed by atoms with E-state index in [1.807, 2.05) is 0 Å². The van der Waals surface area contributed by atoms with Gasteiger partial charge in [-0.15, -0.1) is 0 Å². The van der Waals surface area contributed by atoms with E-state index in [0.29, 0.717) is 5.92 Å². The van der Waals surface area contributed by atoms with Crippen LogP contribution < -0.4 is 0 Å². The van der Waals surface area contributed by atoms with Crippen LogP contribution in [0.1, 0.15) is 58.8 Å². The van der Waals surface area contributed by atoms with Gasteiger partial charge in [-0.2, -0.15) is 0 Å². The van der Waals surface area contributed by atoms with E-state index in [2.05, 4.69) is 13.8 Å². The molecule has 1 aliphatic carbocycles. The first-order valence-corrected chi connectivity index (χ1v) is 6.14. The number of hydrogen-bond donors (Lipinski definition) is 0. The van der Waals surface area contributed by atoms with Crippen LogP contribution in [-0.4, -0.2) is 5.24 Å². The summed E-state index contributed by atoms with van der Waals surface area (Å²) >= 11 is 5.76. The second-order valence-corrected chi connectivity index (χ2v) is 5.39. The number of halogens is 1. The molecule has 2 heteroatoms. The molecule has 0 unspecified atom stereocenters. The molecule has 0 spiro atoms. The number of rotatable bonds is 4. The fourth-order valence-electron chi connectivity index (χ4n) is 2.34. The van der Waals surface area contributed by atoms with Crippen LogP contribution in [0, 0.1) is 11.3 Å². The third-order valence-electron chi connectivity index (χ3n) is 3.43. The van der Waals surface area contributed by atoms with Gasteiger partial charge in [0.25, 0.3) is 0 Å². The molecule has 1 fully saturated rings. The van der Waals surface area contributed by atoms with Crippen molar-refractivity contribution in [2.24, 2.45) is 11.3 Å². The van der Waals surface area contributed by atoms with Crippen LogP contribution >= 0.6 is 11.6 Å². The molecule has 1 saturated carbocycles. The molecule has 0 aromatic heterocycles. The average molecular weight is 217 g/mol. The average Bonchev–Trinajstić information content (AvgIpc) is 2.16. The molecule has 1 rings (SSSR count). The minimum atomic E-state index is -0.163. The summed E-state index contributed by atoms with van der Waals surface area (Å²) in [5.74, 6) is 0.671. The molecule has 82 valence electrons. The summed E-state index contributed by atoms with van der Waals surface area (Å²) in [4.78, 5) is 11.5. The van der Waals surface area contributed by atoms with E-state index in [0.717, 1.165) is 25.7 Å². The minimum Gasteiger partial charge on any atom is -0.281 e. The van der Waals surface area contributed by atoms with Crippen molar-refractivity contribution in [3.63, 3.8) is 0 Å². The fraction of sp³-hybridized carbons (Fsp3) is 0.917. The topological polar surface area (TPSA) is 17.1 Å². The lowest BCUT2D eigenvalue weighted by Crippen LogP contribution is -2.30. The van der Waals surface area contributed by atoms with Crippen molar-refractivity contribution in [1.82, 2.24) is 0 Å².